The van der Waals surface area contributed by atoms with Gasteiger partial charge in [0.15, 0.2) is 0 Å². The zero-order valence-electron chi connectivity index (χ0n) is 16.2. The molecule has 7 heteroatoms. The normalized spacial score (nSPS) is 17.0. The first-order chi connectivity index (χ1) is 12.2. The lowest BCUT2D eigenvalue weighted by Crippen LogP contribution is -2.48. The predicted molar refractivity (Wildman–Crippen MR) is 101 cm³/mol. The number of benzene rings is 1. The Morgan fingerprint density at radius 1 is 1.00 bits per heavy atom. The van der Waals surface area contributed by atoms with E-state index in [2.05, 4.69) is 10.1 Å². The molecule has 2 aromatic rings. The molecule has 0 radical (unpaired) electrons. The Balaban J connectivity index is 1.73. The van der Waals surface area contributed by atoms with Gasteiger partial charge in [0.1, 0.15) is 5.76 Å². The van der Waals surface area contributed by atoms with Crippen molar-refractivity contribution in [1.82, 2.24) is 14.4 Å². The highest BCUT2D eigenvalue weighted by Gasteiger charge is 2.31. The molecule has 1 aliphatic heterocycles. The minimum absolute atomic E-state index is 0.460. The van der Waals surface area contributed by atoms with Crippen LogP contribution in [0.2, 0.25) is 0 Å². The number of piperazine rings is 1. The van der Waals surface area contributed by atoms with Gasteiger partial charge in [-0.05, 0) is 45.7 Å². The Kier molecular flexibility index (Phi) is 5.23. The van der Waals surface area contributed by atoms with Gasteiger partial charge in [-0.15, -0.1) is 0 Å². The number of aryl methyl sites for hydroxylation is 5. The van der Waals surface area contributed by atoms with Crippen molar-refractivity contribution < 1.29 is 12.9 Å². The van der Waals surface area contributed by atoms with E-state index < -0.39 is 10.0 Å². The van der Waals surface area contributed by atoms with Crippen molar-refractivity contribution in [3.8, 4) is 0 Å². The van der Waals surface area contributed by atoms with Crippen LogP contribution >= 0.6 is 0 Å². The van der Waals surface area contributed by atoms with Gasteiger partial charge in [-0.1, -0.05) is 22.9 Å². The van der Waals surface area contributed by atoms with Gasteiger partial charge in [0.2, 0.25) is 10.0 Å². The highest BCUT2D eigenvalue weighted by Crippen LogP contribution is 2.26. The summed E-state index contributed by atoms with van der Waals surface area (Å²) in [5.41, 5.74) is 4.74. The Hall–Kier alpha value is -1.70. The molecule has 0 aliphatic carbocycles. The van der Waals surface area contributed by atoms with Crippen molar-refractivity contribution in [2.45, 2.75) is 46.1 Å². The SMILES string of the molecule is Cc1cc(C)c(S(=O)(=O)N2CCN(Cc3c(C)noc3C)CC2)c(C)c1. The summed E-state index contributed by atoms with van der Waals surface area (Å²) in [4.78, 5) is 2.72. The fraction of sp³-hybridized carbons (Fsp3) is 0.526. The molecule has 1 aromatic carbocycles. The van der Waals surface area contributed by atoms with Crippen LogP contribution in [0.1, 0.15) is 33.7 Å². The van der Waals surface area contributed by atoms with Crippen molar-refractivity contribution in [1.29, 1.82) is 0 Å². The van der Waals surface area contributed by atoms with Gasteiger partial charge in [-0.3, -0.25) is 4.90 Å². The van der Waals surface area contributed by atoms with Gasteiger partial charge >= 0.3 is 0 Å². The molecule has 1 aromatic heterocycles. The van der Waals surface area contributed by atoms with E-state index in [1.54, 1.807) is 4.31 Å². The molecule has 1 aliphatic rings. The molecule has 142 valence electrons. The van der Waals surface area contributed by atoms with E-state index in [0.29, 0.717) is 31.1 Å². The summed E-state index contributed by atoms with van der Waals surface area (Å²) in [5.74, 6) is 0.837. The lowest BCUT2D eigenvalue weighted by Gasteiger charge is -2.34. The van der Waals surface area contributed by atoms with E-state index in [4.69, 9.17) is 4.52 Å². The topological polar surface area (TPSA) is 66.7 Å². The third-order valence-corrected chi connectivity index (χ3v) is 7.30. The number of sulfonamides is 1. The predicted octanol–water partition coefficient (Wildman–Crippen LogP) is 2.72. The average molecular weight is 378 g/mol. The first-order valence-electron chi connectivity index (χ1n) is 8.92. The summed E-state index contributed by atoms with van der Waals surface area (Å²) in [6.07, 6.45) is 0. The van der Waals surface area contributed by atoms with Gasteiger partial charge in [-0.2, -0.15) is 4.31 Å². The maximum atomic E-state index is 13.2. The lowest BCUT2D eigenvalue weighted by atomic mass is 10.1. The van der Waals surface area contributed by atoms with Crippen molar-refractivity contribution in [3.05, 3.63) is 45.8 Å². The second kappa shape index (κ2) is 7.13. The van der Waals surface area contributed by atoms with Crippen LogP contribution < -0.4 is 0 Å². The number of rotatable bonds is 4. The molecule has 3 rings (SSSR count). The Morgan fingerprint density at radius 3 is 2.08 bits per heavy atom. The summed E-state index contributed by atoms with van der Waals surface area (Å²) in [5, 5.41) is 3.99. The van der Waals surface area contributed by atoms with Gasteiger partial charge in [0.05, 0.1) is 10.6 Å². The molecular weight excluding hydrogens is 350 g/mol. The second-order valence-electron chi connectivity index (χ2n) is 7.21. The Labute approximate surface area is 155 Å². The number of hydrogen-bond donors (Lipinski definition) is 0. The molecule has 0 amide bonds. The van der Waals surface area contributed by atoms with Crippen molar-refractivity contribution in [2.75, 3.05) is 26.2 Å². The monoisotopic (exact) mass is 377 g/mol. The molecule has 0 bridgehead atoms. The highest BCUT2D eigenvalue weighted by molar-refractivity contribution is 7.89. The molecular formula is C19H27N3O3S. The average Bonchev–Trinajstić information content (AvgIpc) is 2.86. The first-order valence-corrected chi connectivity index (χ1v) is 10.4. The standard InChI is InChI=1S/C19H27N3O3S/c1-13-10-14(2)19(15(3)11-13)26(23,24)22-8-6-21(7-9-22)12-18-16(4)20-25-17(18)5/h10-11H,6-9,12H2,1-5H3. The van der Waals surface area contributed by atoms with Crippen LogP contribution in [0.3, 0.4) is 0 Å². The van der Waals surface area contributed by atoms with Gasteiger partial charge < -0.3 is 4.52 Å². The summed E-state index contributed by atoms with van der Waals surface area (Å²) in [7, 11) is -3.47. The van der Waals surface area contributed by atoms with E-state index in [1.165, 1.54) is 0 Å². The summed E-state index contributed by atoms with van der Waals surface area (Å²) in [6.45, 7) is 12.7. The van der Waals surface area contributed by atoms with Gasteiger partial charge in [0, 0.05) is 38.3 Å². The molecule has 0 unspecified atom stereocenters. The third kappa shape index (κ3) is 3.56. The highest BCUT2D eigenvalue weighted by atomic mass is 32.2. The van der Waals surface area contributed by atoms with Crippen molar-refractivity contribution >= 4 is 10.0 Å². The number of nitrogens with zero attached hydrogens (tertiary/aromatic N) is 3. The van der Waals surface area contributed by atoms with Crippen LogP contribution in [0.4, 0.5) is 0 Å². The van der Waals surface area contributed by atoms with Crippen molar-refractivity contribution in [3.63, 3.8) is 0 Å². The number of aromatic nitrogens is 1. The third-order valence-electron chi connectivity index (χ3n) is 5.10. The van der Waals surface area contributed by atoms with Gasteiger partial charge in [0.25, 0.3) is 0 Å². The molecule has 26 heavy (non-hydrogen) atoms. The number of hydrogen-bond acceptors (Lipinski definition) is 5. The van der Waals surface area contributed by atoms with Crippen LogP contribution in [0.5, 0.6) is 0 Å². The second-order valence-corrected chi connectivity index (χ2v) is 9.09. The minimum Gasteiger partial charge on any atom is -0.361 e. The van der Waals surface area contributed by atoms with Gasteiger partial charge in [-0.25, -0.2) is 8.42 Å². The fourth-order valence-electron chi connectivity index (χ4n) is 3.78. The Bertz CT molecular complexity index is 868. The molecule has 2 heterocycles. The van der Waals surface area contributed by atoms with Crippen molar-refractivity contribution in [2.24, 2.45) is 0 Å². The Morgan fingerprint density at radius 2 is 1.58 bits per heavy atom. The largest absolute Gasteiger partial charge is 0.361 e. The van der Waals surface area contributed by atoms with Crippen LogP contribution in [0.25, 0.3) is 0 Å². The lowest BCUT2D eigenvalue weighted by molar-refractivity contribution is 0.180. The van der Waals surface area contributed by atoms with Crippen LogP contribution in [-0.4, -0.2) is 49.0 Å². The van der Waals surface area contributed by atoms with Crippen LogP contribution in [-0.2, 0) is 16.6 Å². The quantitative estimate of drug-likeness (QED) is 0.820. The maximum Gasteiger partial charge on any atom is 0.243 e. The van der Waals surface area contributed by atoms with E-state index in [1.807, 2.05) is 46.8 Å². The smallest absolute Gasteiger partial charge is 0.243 e. The first kappa shape index (κ1) is 19.1. The minimum atomic E-state index is -3.47. The maximum absolute atomic E-state index is 13.2. The molecule has 0 saturated carbocycles. The molecule has 6 nitrogen and oxygen atoms in total. The zero-order chi connectivity index (χ0) is 19.1. The zero-order valence-corrected chi connectivity index (χ0v) is 17.0. The molecule has 0 spiro atoms. The van der Waals surface area contributed by atoms with E-state index in [9.17, 15) is 8.42 Å². The summed E-state index contributed by atoms with van der Waals surface area (Å²) < 4.78 is 33.1. The molecule has 0 N–H and O–H groups in total. The molecule has 1 saturated heterocycles. The fourth-order valence-corrected chi connectivity index (χ4v) is 5.62. The van der Waals surface area contributed by atoms with E-state index in [0.717, 1.165) is 40.3 Å². The molecule has 1 fully saturated rings. The summed E-state index contributed by atoms with van der Waals surface area (Å²) in [6, 6.07) is 3.88. The van der Waals surface area contributed by atoms with Crippen LogP contribution in [0, 0.1) is 34.6 Å². The molecule has 0 atom stereocenters. The van der Waals surface area contributed by atoms with Crippen LogP contribution in [0.15, 0.2) is 21.6 Å². The van der Waals surface area contributed by atoms with E-state index in [-0.39, 0.29) is 0 Å². The summed E-state index contributed by atoms with van der Waals surface area (Å²) >= 11 is 0. The van der Waals surface area contributed by atoms with E-state index >= 15 is 0 Å².